The molecule has 0 bridgehead atoms. The highest BCUT2D eigenvalue weighted by molar-refractivity contribution is 7.91. The summed E-state index contributed by atoms with van der Waals surface area (Å²) in [4.78, 5) is 20.4. The van der Waals surface area contributed by atoms with E-state index in [1.807, 2.05) is 12.1 Å². The minimum Gasteiger partial charge on any atom is -0.350 e. The van der Waals surface area contributed by atoms with Crippen LogP contribution < -0.4 is 10.6 Å². The van der Waals surface area contributed by atoms with Crippen molar-refractivity contribution in [2.45, 2.75) is 19.0 Å². The van der Waals surface area contributed by atoms with Crippen LogP contribution in [0.15, 0.2) is 36.5 Å². The van der Waals surface area contributed by atoms with Gasteiger partial charge in [0, 0.05) is 23.8 Å². The molecule has 1 aromatic carbocycles. The van der Waals surface area contributed by atoms with Gasteiger partial charge in [0.2, 0.25) is 5.95 Å². The lowest BCUT2D eigenvalue weighted by Gasteiger charge is -2.11. The van der Waals surface area contributed by atoms with Crippen LogP contribution >= 0.6 is 11.6 Å². The van der Waals surface area contributed by atoms with E-state index < -0.39 is 9.84 Å². The SMILES string of the molecule is O=C(NCc1ccc(Cl)cc1)c1ccnc(NC2CCS(=O)(=O)C2)n1. The number of halogens is 1. The molecule has 2 aromatic rings. The molecule has 2 heterocycles. The Morgan fingerprint density at radius 2 is 2.00 bits per heavy atom. The summed E-state index contributed by atoms with van der Waals surface area (Å²) >= 11 is 5.83. The summed E-state index contributed by atoms with van der Waals surface area (Å²) < 4.78 is 23.0. The number of hydrogen-bond donors (Lipinski definition) is 2. The zero-order valence-corrected chi connectivity index (χ0v) is 14.8. The molecule has 0 radical (unpaired) electrons. The van der Waals surface area contributed by atoms with Gasteiger partial charge in [-0.05, 0) is 30.2 Å². The predicted octanol–water partition coefficient (Wildman–Crippen LogP) is 1.66. The molecule has 3 rings (SSSR count). The van der Waals surface area contributed by atoms with Crippen molar-refractivity contribution in [1.29, 1.82) is 0 Å². The van der Waals surface area contributed by atoms with Gasteiger partial charge in [0.1, 0.15) is 5.69 Å². The maximum absolute atomic E-state index is 12.2. The second kappa shape index (κ2) is 7.37. The summed E-state index contributed by atoms with van der Waals surface area (Å²) in [6, 6.07) is 8.45. The van der Waals surface area contributed by atoms with Gasteiger partial charge in [-0.1, -0.05) is 23.7 Å². The second-order valence-electron chi connectivity index (χ2n) is 5.82. The number of hydrogen-bond acceptors (Lipinski definition) is 6. The second-order valence-corrected chi connectivity index (χ2v) is 8.48. The molecule has 1 fully saturated rings. The number of nitrogens with one attached hydrogen (secondary N) is 2. The summed E-state index contributed by atoms with van der Waals surface area (Å²) in [6.07, 6.45) is 1.98. The Balaban J connectivity index is 1.60. The van der Waals surface area contributed by atoms with Crippen LogP contribution in [-0.2, 0) is 16.4 Å². The molecule has 1 aliphatic heterocycles. The van der Waals surface area contributed by atoms with Gasteiger partial charge in [-0.3, -0.25) is 4.79 Å². The average molecular weight is 381 g/mol. The standard InChI is InChI=1S/C16H17ClN4O3S/c17-12-3-1-11(2-4-12)9-19-15(22)14-5-7-18-16(21-14)20-13-6-8-25(23,24)10-13/h1-5,7,13H,6,8-10H2,(H,19,22)(H,18,20,21). The van der Waals surface area contributed by atoms with Crippen LogP contribution in [0.2, 0.25) is 5.02 Å². The van der Waals surface area contributed by atoms with Crippen LogP contribution in [0.1, 0.15) is 22.5 Å². The number of amides is 1. The number of nitrogens with zero attached hydrogens (tertiary/aromatic N) is 2. The highest BCUT2D eigenvalue weighted by Crippen LogP contribution is 2.15. The zero-order chi connectivity index (χ0) is 17.9. The molecule has 1 aliphatic rings. The molecule has 2 N–H and O–H groups in total. The third-order valence-electron chi connectivity index (χ3n) is 3.82. The molecule has 1 amide bonds. The zero-order valence-electron chi connectivity index (χ0n) is 13.3. The number of sulfone groups is 1. The van der Waals surface area contributed by atoms with E-state index in [1.54, 1.807) is 12.1 Å². The van der Waals surface area contributed by atoms with Gasteiger partial charge in [0.25, 0.3) is 5.91 Å². The molecule has 0 spiro atoms. The lowest BCUT2D eigenvalue weighted by molar-refractivity contribution is 0.0946. The topological polar surface area (TPSA) is 101 Å². The Bertz CT molecular complexity index is 871. The molecule has 7 nitrogen and oxygen atoms in total. The first-order valence-electron chi connectivity index (χ1n) is 7.74. The minimum atomic E-state index is -2.99. The van der Waals surface area contributed by atoms with Crippen molar-refractivity contribution in [1.82, 2.24) is 15.3 Å². The van der Waals surface area contributed by atoms with Crippen LogP contribution in [0.25, 0.3) is 0 Å². The summed E-state index contributed by atoms with van der Waals surface area (Å²) in [5.74, 6) is 0.135. The first-order valence-corrected chi connectivity index (χ1v) is 9.94. The smallest absolute Gasteiger partial charge is 0.270 e. The van der Waals surface area contributed by atoms with Gasteiger partial charge in [0.15, 0.2) is 9.84 Å². The Kier molecular flexibility index (Phi) is 5.19. The number of rotatable bonds is 5. The minimum absolute atomic E-state index is 0.0589. The largest absolute Gasteiger partial charge is 0.350 e. The molecule has 0 saturated carbocycles. The average Bonchev–Trinajstić information content (AvgIpc) is 2.93. The Hall–Kier alpha value is -2.19. The molecule has 0 aliphatic carbocycles. The Morgan fingerprint density at radius 3 is 2.68 bits per heavy atom. The predicted molar refractivity (Wildman–Crippen MR) is 95.3 cm³/mol. The molecular formula is C16H17ClN4O3S. The van der Waals surface area contributed by atoms with Crippen LogP contribution in [0.3, 0.4) is 0 Å². The molecule has 1 unspecified atom stereocenters. The van der Waals surface area contributed by atoms with Crippen LogP contribution in [0.5, 0.6) is 0 Å². The normalized spacial score (nSPS) is 18.7. The van der Waals surface area contributed by atoms with E-state index in [2.05, 4.69) is 20.6 Å². The Morgan fingerprint density at radius 1 is 1.24 bits per heavy atom. The van der Waals surface area contributed by atoms with Crippen molar-refractivity contribution in [3.05, 3.63) is 52.8 Å². The number of carbonyl (C=O) groups is 1. The van der Waals surface area contributed by atoms with E-state index in [-0.39, 0.29) is 35.1 Å². The fourth-order valence-electron chi connectivity index (χ4n) is 2.52. The molecule has 1 saturated heterocycles. The maximum Gasteiger partial charge on any atom is 0.270 e. The van der Waals surface area contributed by atoms with Crippen molar-refractivity contribution in [2.24, 2.45) is 0 Å². The van der Waals surface area contributed by atoms with E-state index in [0.29, 0.717) is 18.0 Å². The molecule has 9 heteroatoms. The van der Waals surface area contributed by atoms with Crippen LogP contribution in [0.4, 0.5) is 5.95 Å². The van der Waals surface area contributed by atoms with E-state index in [0.717, 1.165) is 5.56 Å². The number of carbonyl (C=O) groups excluding carboxylic acids is 1. The molecule has 1 aromatic heterocycles. The van der Waals surface area contributed by atoms with Crippen molar-refractivity contribution < 1.29 is 13.2 Å². The maximum atomic E-state index is 12.2. The summed E-state index contributed by atoms with van der Waals surface area (Å²) in [6.45, 7) is 0.351. The van der Waals surface area contributed by atoms with Gasteiger partial charge in [-0.15, -0.1) is 0 Å². The first kappa shape index (κ1) is 17.6. The van der Waals surface area contributed by atoms with Crippen molar-refractivity contribution >= 4 is 33.3 Å². The molecule has 132 valence electrons. The van der Waals surface area contributed by atoms with Gasteiger partial charge >= 0.3 is 0 Å². The quantitative estimate of drug-likeness (QED) is 0.818. The van der Waals surface area contributed by atoms with Gasteiger partial charge in [-0.2, -0.15) is 0 Å². The van der Waals surface area contributed by atoms with E-state index >= 15 is 0 Å². The van der Waals surface area contributed by atoms with E-state index in [1.165, 1.54) is 12.3 Å². The van der Waals surface area contributed by atoms with Crippen molar-refractivity contribution in [3.8, 4) is 0 Å². The number of anilines is 1. The third kappa shape index (κ3) is 4.90. The number of benzene rings is 1. The van der Waals surface area contributed by atoms with E-state index in [4.69, 9.17) is 11.6 Å². The third-order valence-corrected chi connectivity index (χ3v) is 5.84. The van der Waals surface area contributed by atoms with Gasteiger partial charge < -0.3 is 10.6 Å². The van der Waals surface area contributed by atoms with Crippen molar-refractivity contribution in [2.75, 3.05) is 16.8 Å². The number of aromatic nitrogens is 2. The molecule has 1 atom stereocenters. The Labute approximate surface area is 150 Å². The highest BCUT2D eigenvalue weighted by Gasteiger charge is 2.28. The van der Waals surface area contributed by atoms with Crippen LogP contribution in [0, 0.1) is 0 Å². The first-order chi connectivity index (χ1) is 11.9. The van der Waals surface area contributed by atoms with E-state index in [9.17, 15) is 13.2 Å². The monoisotopic (exact) mass is 380 g/mol. The molecular weight excluding hydrogens is 364 g/mol. The lowest BCUT2D eigenvalue weighted by atomic mass is 10.2. The van der Waals surface area contributed by atoms with Gasteiger partial charge in [0.05, 0.1) is 11.5 Å². The fourth-order valence-corrected chi connectivity index (χ4v) is 4.32. The van der Waals surface area contributed by atoms with Crippen molar-refractivity contribution in [3.63, 3.8) is 0 Å². The van der Waals surface area contributed by atoms with Gasteiger partial charge in [-0.25, -0.2) is 18.4 Å². The summed E-state index contributed by atoms with van der Waals surface area (Å²) in [7, 11) is -2.99. The molecule has 25 heavy (non-hydrogen) atoms. The summed E-state index contributed by atoms with van der Waals surface area (Å²) in [5.41, 5.74) is 1.13. The van der Waals surface area contributed by atoms with Crippen LogP contribution in [-0.4, -0.2) is 41.8 Å². The fraction of sp³-hybridized carbons (Fsp3) is 0.312. The summed E-state index contributed by atoms with van der Waals surface area (Å²) in [5, 5.41) is 6.38. The highest BCUT2D eigenvalue weighted by atomic mass is 35.5. The lowest BCUT2D eigenvalue weighted by Crippen LogP contribution is -2.26.